The van der Waals surface area contributed by atoms with Crippen LogP contribution in [0.5, 0.6) is 0 Å². The van der Waals surface area contributed by atoms with Gasteiger partial charge in [0.25, 0.3) is 5.91 Å². The number of nitrogens with zero attached hydrogens (tertiary/aromatic N) is 1. The minimum atomic E-state index is -0.505. The van der Waals surface area contributed by atoms with Gasteiger partial charge in [-0.25, -0.2) is 4.79 Å². The summed E-state index contributed by atoms with van der Waals surface area (Å²) in [5, 5.41) is 3.69. The summed E-state index contributed by atoms with van der Waals surface area (Å²) in [4.78, 5) is 28.7. The molecule has 0 bridgehead atoms. The largest absolute Gasteiger partial charge is 0.452 e. The lowest BCUT2D eigenvalue weighted by Gasteiger charge is -2.12. The quantitative estimate of drug-likeness (QED) is 0.586. The third kappa shape index (κ3) is 5.02. The van der Waals surface area contributed by atoms with Crippen molar-refractivity contribution >= 4 is 22.8 Å². The molecule has 0 atom stereocenters. The molecule has 2 rings (SSSR count). The molecule has 0 aliphatic heterocycles. The Morgan fingerprint density at radius 3 is 2.64 bits per heavy atom. The zero-order valence-corrected chi connectivity index (χ0v) is 15.2. The average molecular weight is 342 g/mol. The van der Waals surface area contributed by atoms with Crippen molar-refractivity contribution in [1.29, 1.82) is 0 Å². The monoisotopic (exact) mass is 342 g/mol. The highest BCUT2D eigenvalue weighted by molar-refractivity contribution is 5.99. The molecule has 1 N–H and O–H groups in total. The van der Waals surface area contributed by atoms with Gasteiger partial charge in [-0.1, -0.05) is 44.4 Å². The van der Waals surface area contributed by atoms with Crippen molar-refractivity contribution in [3.63, 3.8) is 0 Å². The normalized spacial score (nSPS) is 10.7. The van der Waals surface area contributed by atoms with Crippen LogP contribution in [0, 0.1) is 13.8 Å². The van der Waals surface area contributed by atoms with Crippen LogP contribution in [0.15, 0.2) is 24.3 Å². The Morgan fingerprint density at radius 2 is 1.88 bits per heavy atom. The van der Waals surface area contributed by atoms with Gasteiger partial charge in [0.05, 0.1) is 16.8 Å². The third-order valence-corrected chi connectivity index (χ3v) is 4.22. The third-order valence-electron chi connectivity index (χ3n) is 4.22. The maximum Gasteiger partial charge on any atom is 0.340 e. The van der Waals surface area contributed by atoms with Gasteiger partial charge in [-0.05, 0) is 31.9 Å². The predicted octanol–water partition coefficient (Wildman–Crippen LogP) is 3.70. The number of pyridine rings is 1. The molecular weight excluding hydrogens is 316 g/mol. The van der Waals surface area contributed by atoms with Crippen LogP contribution in [0.4, 0.5) is 0 Å². The molecule has 0 fully saturated rings. The molecule has 1 aromatic heterocycles. The number of fused-ring (bicyclic) bond motifs is 1. The van der Waals surface area contributed by atoms with Crippen molar-refractivity contribution in [1.82, 2.24) is 10.3 Å². The highest BCUT2D eigenvalue weighted by atomic mass is 16.5. The Morgan fingerprint density at radius 1 is 1.12 bits per heavy atom. The van der Waals surface area contributed by atoms with E-state index in [1.807, 2.05) is 31.2 Å². The van der Waals surface area contributed by atoms with E-state index in [4.69, 9.17) is 4.74 Å². The number of para-hydroxylation sites is 1. The average Bonchev–Trinajstić information content (AvgIpc) is 2.60. The van der Waals surface area contributed by atoms with Crippen molar-refractivity contribution in [2.24, 2.45) is 0 Å². The summed E-state index contributed by atoms with van der Waals surface area (Å²) in [7, 11) is 0. The number of rotatable bonds is 8. The van der Waals surface area contributed by atoms with Gasteiger partial charge in [0.15, 0.2) is 6.61 Å². The fourth-order valence-electron chi connectivity index (χ4n) is 2.87. The number of carbonyl (C=O) groups is 2. The number of esters is 1. The zero-order chi connectivity index (χ0) is 18.2. The lowest BCUT2D eigenvalue weighted by atomic mass is 10.0. The van der Waals surface area contributed by atoms with E-state index in [1.165, 1.54) is 6.42 Å². The molecule has 134 valence electrons. The van der Waals surface area contributed by atoms with Crippen LogP contribution in [0.1, 0.15) is 54.2 Å². The van der Waals surface area contributed by atoms with Gasteiger partial charge in [0.2, 0.25) is 0 Å². The Balaban J connectivity index is 1.95. The molecule has 25 heavy (non-hydrogen) atoms. The van der Waals surface area contributed by atoms with Crippen LogP contribution in [0.2, 0.25) is 0 Å². The second-order valence-electron chi connectivity index (χ2n) is 6.20. The van der Waals surface area contributed by atoms with Crippen molar-refractivity contribution in [2.75, 3.05) is 13.2 Å². The van der Waals surface area contributed by atoms with Gasteiger partial charge in [-0.3, -0.25) is 9.78 Å². The Hall–Kier alpha value is -2.43. The van der Waals surface area contributed by atoms with Crippen LogP contribution in [-0.2, 0) is 9.53 Å². The van der Waals surface area contributed by atoms with E-state index in [9.17, 15) is 9.59 Å². The molecule has 5 heteroatoms. The second kappa shape index (κ2) is 9.16. The lowest BCUT2D eigenvalue weighted by molar-refractivity contribution is -0.124. The van der Waals surface area contributed by atoms with Crippen molar-refractivity contribution in [3.05, 3.63) is 41.1 Å². The molecule has 0 spiro atoms. The molecule has 0 radical (unpaired) electrons. The first kappa shape index (κ1) is 18.9. The fourth-order valence-corrected chi connectivity index (χ4v) is 2.87. The number of aromatic nitrogens is 1. The number of hydrogen-bond donors (Lipinski definition) is 1. The number of carbonyl (C=O) groups excluding carboxylic acids is 2. The summed E-state index contributed by atoms with van der Waals surface area (Å²) in [5.41, 5.74) is 2.72. The standard InChI is InChI=1S/C20H26N2O3/c1-4-5-6-9-12-21-18(23)13-25-20(24)19-14(2)16-10-7-8-11-17(16)22-15(19)3/h7-8,10-11H,4-6,9,12-13H2,1-3H3,(H,21,23). The first-order chi connectivity index (χ1) is 12.0. The maximum absolute atomic E-state index is 12.4. The SMILES string of the molecule is CCCCCCNC(=O)COC(=O)c1c(C)nc2ccccc2c1C. The summed E-state index contributed by atoms with van der Waals surface area (Å²) in [6.45, 7) is 6.15. The molecular formula is C20H26N2O3. The Bertz CT molecular complexity index is 756. The number of unbranched alkanes of at least 4 members (excludes halogenated alkanes) is 3. The maximum atomic E-state index is 12.4. The first-order valence-corrected chi connectivity index (χ1v) is 8.84. The van der Waals surface area contributed by atoms with E-state index in [0.717, 1.165) is 35.7 Å². The topological polar surface area (TPSA) is 68.3 Å². The summed E-state index contributed by atoms with van der Waals surface area (Å²) in [5.74, 6) is -0.775. The van der Waals surface area contributed by atoms with E-state index in [0.29, 0.717) is 17.8 Å². The molecule has 5 nitrogen and oxygen atoms in total. The fraction of sp³-hybridized carbons (Fsp3) is 0.450. The van der Waals surface area contributed by atoms with Gasteiger partial charge in [0.1, 0.15) is 0 Å². The number of ether oxygens (including phenoxy) is 1. The molecule has 0 aliphatic carbocycles. The second-order valence-corrected chi connectivity index (χ2v) is 6.20. The van der Waals surface area contributed by atoms with E-state index >= 15 is 0 Å². The molecule has 0 aliphatic rings. The van der Waals surface area contributed by atoms with Crippen LogP contribution in [0.25, 0.3) is 10.9 Å². The van der Waals surface area contributed by atoms with Gasteiger partial charge in [-0.2, -0.15) is 0 Å². The number of benzene rings is 1. The molecule has 1 aromatic carbocycles. The van der Waals surface area contributed by atoms with Crippen LogP contribution < -0.4 is 5.32 Å². The van der Waals surface area contributed by atoms with Gasteiger partial charge in [-0.15, -0.1) is 0 Å². The smallest absolute Gasteiger partial charge is 0.340 e. The van der Waals surface area contributed by atoms with E-state index in [2.05, 4.69) is 17.2 Å². The number of amides is 1. The number of hydrogen-bond acceptors (Lipinski definition) is 4. The molecule has 0 unspecified atom stereocenters. The Kier molecular flexibility index (Phi) is 6.92. The van der Waals surface area contributed by atoms with E-state index in [1.54, 1.807) is 6.92 Å². The predicted molar refractivity (Wildman–Crippen MR) is 98.7 cm³/mol. The Labute approximate surface area is 148 Å². The van der Waals surface area contributed by atoms with Crippen LogP contribution >= 0.6 is 0 Å². The van der Waals surface area contributed by atoms with Gasteiger partial charge < -0.3 is 10.1 Å². The number of nitrogens with one attached hydrogen (secondary N) is 1. The molecule has 1 heterocycles. The summed E-state index contributed by atoms with van der Waals surface area (Å²) >= 11 is 0. The summed E-state index contributed by atoms with van der Waals surface area (Å²) in [6.07, 6.45) is 4.36. The number of aryl methyl sites for hydroxylation is 2. The van der Waals surface area contributed by atoms with Crippen molar-refractivity contribution < 1.29 is 14.3 Å². The van der Waals surface area contributed by atoms with E-state index < -0.39 is 5.97 Å². The van der Waals surface area contributed by atoms with Crippen LogP contribution in [0.3, 0.4) is 0 Å². The molecule has 0 saturated carbocycles. The molecule has 2 aromatic rings. The highest BCUT2D eigenvalue weighted by Crippen LogP contribution is 2.23. The lowest BCUT2D eigenvalue weighted by Crippen LogP contribution is -2.29. The summed E-state index contributed by atoms with van der Waals surface area (Å²) < 4.78 is 5.19. The van der Waals surface area contributed by atoms with Crippen molar-refractivity contribution in [3.8, 4) is 0 Å². The van der Waals surface area contributed by atoms with Crippen LogP contribution in [-0.4, -0.2) is 30.0 Å². The highest BCUT2D eigenvalue weighted by Gasteiger charge is 2.18. The molecule has 1 amide bonds. The zero-order valence-electron chi connectivity index (χ0n) is 15.2. The summed E-state index contributed by atoms with van der Waals surface area (Å²) in [6, 6.07) is 7.66. The minimum absolute atomic E-state index is 0.266. The van der Waals surface area contributed by atoms with Gasteiger partial charge >= 0.3 is 5.97 Å². The first-order valence-electron chi connectivity index (χ1n) is 8.84. The van der Waals surface area contributed by atoms with Crippen molar-refractivity contribution in [2.45, 2.75) is 46.5 Å². The van der Waals surface area contributed by atoms with Gasteiger partial charge in [0, 0.05) is 11.9 Å². The minimum Gasteiger partial charge on any atom is -0.452 e. The van der Waals surface area contributed by atoms with E-state index in [-0.39, 0.29) is 12.5 Å². The molecule has 0 saturated heterocycles.